The normalized spacial score (nSPS) is 18.8. The molecule has 2 aromatic rings. The van der Waals surface area contributed by atoms with E-state index < -0.39 is 0 Å². The molecule has 4 rings (SSSR count). The van der Waals surface area contributed by atoms with E-state index in [1.165, 1.54) is 5.56 Å². The smallest absolute Gasteiger partial charge is 0.161 e. The summed E-state index contributed by atoms with van der Waals surface area (Å²) >= 11 is 0. The van der Waals surface area contributed by atoms with Gasteiger partial charge in [0.05, 0.1) is 14.2 Å². The first kappa shape index (κ1) is 14.9. The van der Waals surface area contributed by atoms with Crippen LogP contribution in [0, 0.1) is 0 Å². The highest BCUT2D eigenvalue weighted by atomic mass is 16.5. The number of hydrogen-bond donors (Lipinski definition) is 1. The second-order valence-electron chi connectivity index (χ2n) is 5.96. The Bertz CT molecular complexity index is 788. The highest BCUT2D eigenvalue weighted by molar-refractivity contribution is 6.05. The molecule has 0 aliphatic carbocycles. The summed E-state index contributed by atoms with van der Waals surface area (Å²) in [6.45, 7) is 1.87. The van der Waals surface area contributed by atoms with Crippen molar-refractivity contribution in [2.24, 2.45) is 4.99 Å². The standard InChI is InChI=1S/C19H21N3O2/c1-23-16-9-8-13(12-17(16)24-2)18-21-15-7-4-3-6-14(15)19-20-10-5-11-22(18)19/h3-4,6-9,12,18,21H,5,10-11H2,1-2H3/t18-/m0/s1. The van der Waals surface area contributed by atoms with Gasteiger partial charge in [-0.1, -0.05) is 18.2 Å². The topological polar surface area (TPSA) is 46.1 Å². The van der Waals surface area contributed by atoms with E-state index in [4.69, 9.17) is 14.5 Å². The van der Waals surface area contributed by atoms with Crippen LogP contribution in [0.25, 0.3) is 0 Å². The van der Waals surface area contributed by atoms with E-state index in [1.54, 1.807) is 14.2 Å². The second-order valence-corrected chi connectivity index (χ2v) is 5.96. The zero-order valence-corrected chi connectivity index (χ0v) is 14.0. The van der Waals surface area contributed by atoms with E-state index in [9.17, 15) is 0 Å². The third kappa shape index (κ3) is 2.37. The third-order valence-corrected chi connectivity index (χ3v) is 4.59. The summed E-state index contributed by atoms with van der Waals surface area (Å²) in [7, 11) is 3.32. The van der Waals surface area contributed by atoms with Crippen LogP contribution in [-0.2, 0) is 0 Å². The van der Waals surface area contributed by atoms with Crippen molar-refractivity contribution in [3.8, 4) is 11.5 Å². The molecule has 2 aliphatic heterocycles. The maximum atomic E-state index is 5.47. The van der Waals surface area contributed by atoms with Gasteiger partial charge < -0.3 is 19.7 Å². The molecule has 0 saturated carbocycles. The molecule has 1 N–H and O–H groups in total. The number of amidine groups is 1. The number of benzene rings is 2. The molecule has 0 radical (unpaired) electrons. The molecule has 0 saturated heterocycles. The largest absolute Gasteiger partial charge is 0.493 e. The molecule has 5 heteroatoms. The van der Waals surface area contributed by atoms with Crippen LogP contribution in [0.2, 0.25) is 0 Å². The van der Waals surface area contributed by atoms with E-state index in [1.807, 2.05) is 12.1 Å². The summed E-state index contributed by atoms with van der Waals surface area (Å²) in [6.07, 6.45) is 1.11. The van der Waals surface area contributed by atoms with Crippen molar-refractivity contribution in [1.29, 1.82) is 0 Å². The predicted octanol–water partition coefficient (Wildman–Crippen LogP) is 3.28. The molecule has 24 heavy (non-hydrogen) atoms. The van der Waals surface area contributed by atoms with E-state index in [2.05, 4.69) is 40.5 Å². The maximum Gasteiger partial charge on any atom is 0.161 e. The lowest BCUT2D eigenvalue weighted by Crippen LogP contribution is -2.46. The number of anilines is 1. The van der Waals surface area contributed by atoms with Crippen LogP contribution < -0.4 is 14.8 Å². The maximum absolute atomic E-state index is 5.47. The number of nitrogens with one attached hydrogen (secondary N) is 1. The van der Waals surface area contributed by atoms with Gasteiger partial charge in [-0.05, 0) is 36.2 Å². The van der Waals surface area contributed by atoms with Gasteiger partial charge in [-0.25, -0.2) is 0 Å². The molecule has 1 atom stereocenters. The second kappa shape index (κ2) is 6.07. The van der Waals surface area contributed by atoms with E-state index in [0.29, 0.717) is 0 Å². The van der Waals surface area contributed by atoms with Crippen LogP contribution in [0.1, 0.15) is 23.7 Å². The molecule has 0 amide bonds. The van der Waals surface area contributed by atoms with Gasteiger partial charge in [-0.3, -0.25) is 4.99 Å². The number of aliphatic imine (C=N–C) groups is 1. The molecule has 124 valence electrons. The predicted molar refractivity (Wildman–Crippen MR) is 95.1 cm³/mol. The fourth-order valence-corrected chi connectivity index (χ4v) is 3.43. The van der Waals surface area contributed by atoms with Crippen molar-refractivity contribution < 1.29 is 9.47 Å². The fraction of sp³-hybridized carbons (Fsp3) is 0.316. The first-order valence-corrected chi connectivity index (χ1v) is 8.21. The van der Waals surface area contributed by atoms with Crippen LogP contribution in [0.5, 0.6) is 11.5 Å². The van der Waals surface area contributed by atoms with Gasteiger partial charge in [-0.2, -0.15) is 0 Å². The Hall–Kier alpha value is -2.69. The minimum absolute atomic E-state index is 0.0405. The van der Waals surface area contributed by atoms with Crippen molar-refractivity contribution in [3.05, 3.63) is 53.6 Å². The molecule has 0 aromatic heterocycles. The number of methoxy groups -OCH3 is 2. The van der Waals surface area contributed by atoms with Crippen LogP contribution in [0.3, 0.4) is 0 Å². The molecule has 0 bridgehead atoms. The first-order valence-electron chi connectivity index (χ1n) is 8.21. The van der Waals surface area contributed by atoms with Crippen LogP contribution in [0.4, 0.5) is 5.69 Å². The minimum Gasteiger partial charge on any atom is -0.493 e. The molecule has 2 aliphatic rings. The summed E-state index contributed by atoms with van der Waals surface area (Å²) in [5, 5.41) is 3.65. The number of fused-ring (bicyclic) bond motifs is 3. The third-order valence-electron chi connectivity index (χ3n) is 4.59. The molecule has 5 nitrogen and oxygen atoms in total. The zero-order chi connectivity index (χ0) is 16.5. The summed E-state index contributed by atoms with van der Waals surface area (Å²) in [6, 6.07) is 14.4. The van der Waals surface area contributed by atoms with E-state index >= 15 is 0 Å². The van der Waals surface area contributed by atoms with Gasteiger partial charge in [-0.15, -0.1) is 0 Å². The van der Waals surface area contributed by atoms with Gasteiger partial charge in [0.25, 0.3) is 0 Å². The lowest BCUT2D eigenvalue weighted by molar-refractivity contribution is 0.319. The van der Waals surface area contributed by atoms with Gasteiger partial charge in [0.2, 0.25) is 0 Å². The van der Waals surface area contributed by atoms with Crippen molar-refractivity contribution in [2.75, 3.05) is 32.6 Å². The molecule has 0 fully saturated rings. The minimum atomic E-state index is 0.0405. The number of ether oxygens (including phenoxy) is 2. The molecule has 0 unspecified atom stereocenters. The number of nitrogens with zero attached hydrogens (tertiary/aromatic N) is 2. The Balaban J connectivity index is 1.79. The zero-order valence-electron chi connectivity index (χ0n) is 14.0. The SMILES string of the molecule is COc1ccc([C@H]2Nc3ccccc3C3=NCCCN32)cc1OC. The Morgan fingerprint density at radius 1 is 1.08 bits per heavy atom. The van der Waals surface area contributed by atoms with E-state index in [-0.39, 0.29) is 6.17 Å². The summed E-state index contributed by atoms with van der Waals surface area (Å²) < 4.78 is 10.8. The summed E-state index contributed by atoms with van der Waals surface area (Å²) in [4.78, 5) is 7.13. The molecule has 0 spiro atoms. The van der Waals surface area contributed by atoms with Crippen LogP contribution in [0.15, 0.2) is 47.5 Å². The molecule has 2 aromatic carbocycles. The highest BCUT2D eigenvalue weighted by Crippen LogP contribution is 2.37. The van der Waals surface area contributed by atoms with Gasteiger partial charge in [0.1, 0.15) is 12.0 Å². The van der Waals surface area contributed by atoms with Gasteiger partial charge >= 0.3 is 0 Å². The average molecular weight is 323 g/mol. The van der Waals surface area contributed by atoms with E-state index in [0.717, 1.165) is 48.1 Å². The lowest BCUT2D eigenvalue weighted by atomic mass is 10.0. The summed E-state index contributed by atoms with van der Waals surface area (Å²) in [5.74, 6) is 2.56. The quantitative estimate of drug-likeness (QED) is 0.941. The Morgan fingerprint density at radius 3 is 2.75 bits per heavy atom. The Kier molecular flexibility index (Phi) is 3.76. The number of para-hydroxylation sites is 1. The van der Waals surface area contributed by atoms with Crippen LogP contribution in [-0.4, -0.2) is 38.0 Å². The summed E-state index contributed by atoms with van der Waals surface area (Å²) in [5.41, 5.74) is 3.43. The van der Waals surface area contributed by atoms with Crippen molar-refractivity contribution >= 4 is 11.5 Å². The average Bonchev–Trinajstić information content (AvgIpc) is 2.66. The highest BCUT2D eigenvalue weighted by Gasteiger charge is 2.32. The van der Waals surface area contributed by atoms with Crippen LogP contribution >= 0.6 is 0 Å². The number of rotatable bonds is 3. The van der Waals surface area contributed by atoms with Crippen molar-refractivity contribution in [1.82, 2.24) is 4.90 Å². The van der Waals surface area contributed by atoms with Crippen molar-refractivity contribution in [3.63, 3.8) is 0 Å². The monoisotopic (exact) mass is 323 g/mol. The molecule has 2 heterocycles. The number of hydrogen-bond acceptors (Lipinski definition) is 5. The molecular formula is C19H21N3O2. The van der Waals surface area contributed by atoms with Crippen molar-refractivity contribution in [2.45, 2.75) is 12.6 Å². The fourth-order valence-electron chi connectivity index (χ4n) is 3.43. The Morgan fingerprint density at radius 2 is 1.92 bits per heavy atom. The van der Waals surface area contributed by atoms with Gasteiger partial charge in [0, 0.05) is 24.3 Å². The lowest BCUT2D eigenvalue weighted by Gasteiger charge is -2.42. The Labute approximate surface area is 141 Å². The molecular weight excluding hydrogens is 302 g/mol. The van der Waals surface area contributed by atoms with Gasteiger partial charge in [0.15, 0.2) is 11.5 Å². The first-order chi connectivity index (χ1) is 11.8.